The lowest BCUT2D eigenvalue weighted by molar-refractivity contribution is 0.0519. The molecular formula is C18H17FN2O4S. The second-order valence-corrected chi connectivity index (χ2v) is 6.40. The Morgan fingerprint density at radius 3 is 2.62 bits per heavy atom. The van der Waals surface area contributed by atoms with E-state index in [1.54, 1.807) is 19.1 Å². The Bertz CT molecular complexity index is 918. The number of thiazole rings is 1. The average molecular weight is 376 g/mol. The van der Waals surface area contributed by atoms with E-state index in [1.165, 1.54) is 23.5 Å². The highest BCUT2D eigenvalue weighted by Crippen LogP contribution is 2.36. The van der Waals surface area contributed by atoms with Crippen LogP contribution in [0.2, 0.25) is 0 Å². The largest absolute Gasteiger partial charge is 0.461 e. The first-order chi connectivity index (χ1) is 12.6. The van der Waals surface area contributed by atoms with Gasteiger partial charge in [0.05, 0.1) is 6.61 Å². The summed E-state index contributed by atoms with van der Waals surface area (Å²) in [5.74, 6) is -0.411. The zero-order valence-electron chi connectivity index (χ0n) is 14.3. The third kappa shape index (κ3) is 3.51. The highest BCUT2D eigenvalue weighted by molar-refractivity contribution is 7.15. The molecule has 0 amide bonds. The first-order valence-corrected chi connectivity index (χ1v) is 8.92. The summed E-state index contributed by atoms with van der Waals surface area (Å²) in [6.07, 6.45) is 0.610. The van der Waals surface area contributed by atoms with Crippen molar-refractivity contribution < 1.29 is 23.4 Å². The molecule has 0 saturated carbocycles. The molecule has 8 heteroatoms. The van der Waals surface area contributed by atoms with Gasteiger partial charge in [-0.1, -0.05) is 6.92 Å². The van der Waals surface area contributed by atoms with Gasteiger partial charge in [-0.25, -0.2) is 19.2 Å². The molecule has 3 rings (SSSR count). The minimum absolute atomic E-state index is 0.116. The lowest BCUT2D eigenvalue weighted by Crippen LogP contribution is -2.07. The lowest BCUT2D eigenvalue weighted by atomic mass is 10.1. The van der Waals surface area contributed by atoms with Gasteiger partial charge in [0.2, 0.25) is 5.89 Å². The number of oxazole rings is 1. The van der Waals surface area contributed by atoms with Gasteiger partial charge < -0.3 is 14.3 Å². The van der Waals surface area contributed by atoms with Gasteiger partial charge in [0.15, 0.2) is 16.5 Å². The minimum atomic E-state index is -0.489. The molecule has 26 heavy (non-hydrogen) atoms. The molecule has 6 nitrogen and oxygen atoms in total. The van der Waals surface area contributed by atoms with Crippen LogP contribution in [-0.2, 0) is 17.8 Å². The van der Waals surface area contributed by atoms with E-state index in [9.17, 15) is 14.3 Å². The maximum absolute atomic E-state index is 13.2. The van der Waals surface area contributed by atoms with Crippen molar-refractivity contribution in [2.75, 3.05) is 6.61 Å². The molecule has 2 heterocycles. The summed E-state index contributed by atoms with van der Waals surface area (Å²) in [5, 5.41) is 9.83. The number of hydrogen-bond donors (Lipinski definition) is 1. The molecule has 0 atom stereocenters. The quantitative estimate of drug-likeness (QED) is 0.658. The molecule has 0 aliphatic carbocycles. The van der Waals surface area contributed by atoms with Crippen LogP contribution in [0, 0.1) is 5.82 Å². The van der Waals surface area contributed by atoms with Crippen LogP contribution < -0.4 is 0 Å². The number of rotatable bonds is 6. The first-order valence-electron chi connectivity index (χ1n) is 8.11. The SMILES string of the molecule is CCOC(=O)c1nc(-c2oc(CO)nc2-c2ccc(F)cc2)sc1CC. The molecule has 2 aromatic heterocycles. The fourth-order valence-electron chi connectivity index (χ4n) is 2.43. The molecule has 1 aromatic carbocycles. The lowest BCUT2D eigenvalue weighted by Gasteiger charge is -1.99. The molecule has 0 saturated heterocycles. The Kier molecular flexibility index (Phi) is 5.43. The van der Waals surface area contributed by atoms with Gasteiger partial charge in [-0.15, -0.1) is 11.3 Å². The van der Waals surface area contributed by atoms with E-state index in [0.717, 1.165) is 4.88 Å². The summed E-state index contributed by atoms with van der Waals surface area (Å²) in [6.45, 7) is 3.52. The zero-order chi connectivity index (χ0) is 18.7. The van der Waals surface area contributed by atoms with E-state index in [4.69, 9.17) is 9.15 Å². The Balaban J connectivity index is 2.10. The third-order valence-electron chi connectivity index (χ3n) is 3.61. The van der Waals surface area contributed by atoms with Crippen molar-refractivity contribution >= 4 is 17.3 Å². The highest BCUT2D eigenvalue weighted by Gasteiger charge is 2.24. The van der Waals surface area contributed by atoms with Gasteiger partial charge in [-0.2, -0.15) is 0 Å². The van der Waals surface area contributed by atoms with E-state index >= 15 is 0 Å². The van der Waals surface area contributed by atoms with Crippen molar-refractivity contribution in [1.29, 1.82) is 0 Å². The van der Waals surface area contributed by atoms with Crippen molar-refractivity contribution in [3.63, 3.8) is 0 Å². The molecule has 0 fully saturated rings. The number of aliphatic hydroxyl groups is 1. The number of carbonyl (C=O) groups excluding carboxylic acids is 1. The summed E-state index contributed by atoms with van der Waals surface area (Å²) in [4.78, 5) is 21.5. The van der Waals surface area contributed by atoms with Gasteiger partial charge in [0.1, 0.15) is 18.1 Å². The maximum atomic E-state index is 13.2. The number of aryl methyl sites for hydroxylation is 1. The fourth-order valence-corrected chi connectivity index (χ4v) is 3.40. The first kappa shape index (κ1) is 18.2. The van der Waals surface area contributed by atoms with Gasteiger partial charge in [-0.05, 0) is 37.6 Å². The van der Waals surface area contributed by atoms with Crippen LogP contribution in [0.4, 0.5) is 4.39 Å². The van der Waals surface area contributed by atoms with Crippen LogP contribution in [0.25, 0.3) is 22.0 Å². The van der Waals surface area contributed by atoms with E-state index in [0.29, 0.717) is 28.4 Å². The van der Waals surface area contributed by atoms with Gasteiger partial charge in [0, 0.05) is 10.4 Å². The second-order valence-electron chi connectivity index (χ2n) is 5.32. The van der Waals surface area contributed by atoms with Crippen LogP contribution in [-0.4, -0.2) is 27.7 Å². The van der Waals surface area contributed by atoms with E-state index in [-0.39, 0.29) is 30.6 Å². The molecule has 0 radical (unpaired) electrons. The number of hydrogen-bond acceptors (Lipinski definition) is 7. The number of benzene rings is 1. The standard InChI is InChI=1S/C18H17FN2O4S/c1-3-12-15(18(23)24-4-2)21-17(26-12)16-14(20-13(9-22)25-16)10-5-7-11(19)8-6-10/h5-8,22H,3-4,9H2,1-2H3. The number of halogens is 1. The highest BCUT2D eigenvalue weighted by atomic mass is 32.1. The Hall–Kier alpha value is -2.58. The normalized spacial score (nSPS) is 10.9. The van der Waals surface area contributed by atoms with Crippen molar-refractivity contribution in [3.05, 3.63) is 46.5 Å². The topological polar surface area (TPSA) is 85.5 Å². The van der Waals surface area contributed by atoms with Crippen LogP contribution >= 0.6 is 11.3 Å². The molecule has 136 valence electrons. The summed E-state index contributed by atoms with van der Waals surface area (Å²) in [7, 11) is 0. The molecule has 0 aliphatic heterocycles. The Morgan fingerprint density at radius 2 is 2.00 bits per heavy atom. The fraction of sp³-hybridized carbons (Fsp3) is 0.278. The molecule has 0 bridgehead atoms. The van der Waals surface area contributed by atoms with Gasteiger partial charge >= 0.3 is 5.97 Å². The van der Waals surface area contributed by atoms with Crippen LogP contribution in [0.15, 0.2) is 28.7 Å². The zero-order valence-corrected chi connectivity index (χ0v) is 15.1. The minimum Gasteiger partial charge on any atom is -0.461 e. The van der Waals surface area contributed by atoms with Gasteiger partial charge in [-0.3, -0.25) is 0 Å². The van der Waals surface area contributed by atoms with E-state index < -0.39 is 5.97 Å². The summed E-state index contributed by atoms with van der Waals surface area (Å²) in [5.41, 5.74) is 1.30. The number of aromatic nitrogens is 2. The Labute approximate surface area is 153 Å². The monoisotopic (exact) mass is 376 g/mol. The Morgan fingerprint density at radius 1 is 1.27 bits per heavy atom. The second kappa shape index (κ2) is 7.76. The molecular weight excluding hydrogens is 359 g/mol. The van der Waals surface area contributed by atoms with Crippen LogP contribution in [0.1, 0.15) is 35.1 Å². The van der Waals surface area contributed by atoms with Crippen molar-refractivity contribution in [2.45, 2.75) is 26.9 Å². The third-order valence-corrected chi connectivity index (χ3v) is 4.80. The predicted octanol–water partition coefficient (Wildman–Crippen LogP) is 3.84. The number of carbonyl (C=O) groups is 1. The van der Waals surface area contributed by atoms with Gasteiger partial charge in [0.25, 0.3) is 0 Å². The van der Waals surface area contributed by atoms with E-state index in [2.05, 4.69) is 9.97 Å². The smallest absolute Gasteiger partial charge is 0.358 e. The van der Waals surface area contributed by atoms with Crippen LogP contribution in [0.3, 0.4) is 0 Å². The van der Waals surface area contributed by atoms with E-state index in [1.807, 2.05) is 6.92 Å². The van der Waals surface area contributed by atoms with Crippen molar-refractivity contribution in [2.24, 2.45) is 0 Å². The summed E-state index contributed by atoms with van der Waals surface area (Å²) in [6, 6.07) is 5.77. The summed E-state index contributed by atoms with van der Waals surface area (Å²) >= 11 is 1.30. The predicted molar refractivity (Wildman–Crippen MR) is 94.3 cm³/mol. The number of nitrogens with zero attached hydrogens (tertiary/aromatic N) is 2. The molecule has 0 unspecified atom stereocenters. The van der Waals surface area contributed by atoms with Crippen molar-refractivity contribution in [1.82, 2.24) is 9.97 Å². The molecule has 0 spiro atoms. The summed E-state index contributed by atoms with van der Waals surface area (Å²) < 4.78 is 23.9. The van der Waals surface area contributed by atoms with Crippen LogP contribution in [0.5, 0.6) is 0 Å². The average Bonchev–Trinajstić information content (AvgIpc) is 3.26. The number of aliphatic hydroxyl groups excluding tert-OH is 1. The maximum Gasteiger partial charge on any atom is 0.358 e. The number of esters is 1. The van der Waals surface area contributed by atoms with Crippen molar-refractivity contribution in [3.8, 4) is 22.0 Å². The number of ether oxygens (including phenoxy) is 1. The molecule has 3 aromatic rings. The molecule has 1 N–H and O–H groups in total. The molecule has 0 aliphatic rings.